The van der Waals surface area contributed by atoms with E-state index in [1.165, 1.54) is 13.2 Å². The summed E-state index contributed by atoms with van der Waals surface area (Å²) in [5, 5.41) is 2.92. The molecule has 2 N–H and O–H groups in total. The molecule has 1 aromatic rings. The molecule has 2 amide bonds. The average molecular weight is 352 g/mol. The maximum Gasteiger partial charge on any atom is 0.278 e. The van der Waals surface area contributed by atoms with E-state index in [4.69, 9.17) is 4.74 Å². The normalized spacial score (nSPS) is 14.7. The molecule has 0 bridgehead atoms. The van der Waals surface area contributed by atoms with Crippen molar-refractivity contribution in [2.45, 2.75) is 32.4 Å². The van der Waals surface area contributed by atoms with Crippen LogP contribution in [0.15, 0.2) is 18.2 Å². The fraction of sp³-hybridized carbons (Fsp3) is 0.556. The van der Waals surface area contributed by atoms with Gasteiger partial charge in [-0.25, -0.2) is 4.39 Å². The number of rotatable bonds is 9. The van der Waals surface area contributed by atoms with Crippen LogP contribution in [0.2, 0.25) is 0 Å². The lowest BCUT2D eigenvalue weighted by molar-refractivity contribution is -0.863. The highest BCUT2D eigenvalue weighted by molar-refractivity contribution is 5.79. The van der Waals surface area contributed by atoms with Gasteiger partial charge in [-0.1, -0.05) is 6.07 Å². The zero-order chi connectivity index (χ0) is 18.4. The summed E-state index contributed by atoms with van der Waals surface area (Å²) >= 11 is 0. The quantitative estimate of drug-likeness (QED) is 0.656. The zero-order valence-corrected chi connectivity index (χ0v) is 15.1. The molecule has 1 saturated carbocycles. The number of benzene rings is 1. The molecule has 0 saturated heterocycles. The SMILES string of the molecule is CCN(Cc1ccc(OC)c(F)c1)C(=O)C[NH+](C)CC(=O)NC1CC1. The summed E-state index contributed by atoms with van der Waals surface area (Å²) in [6.45, 7) is 3.24. The Labute approximate surface area is 147 Å². The summed E-state index contributed by atoms with van der Waals surface area (Å²) in [6, 6.07) is 5.02. The maximum absolute atomic E-state index is 13.8. The second-order valence-electron chi connectivity index (χ2n) is 6.53. The minimum atomic E-state index is -0.442. The van der Waals surface area contributed by atoms with Crippen molar-refractivity contribution in [1.29, 1.82) is 0 Å². The van der Waals surface area contributed by atoms with Crippen molar-refractivity contribution >= 4 is 11.8 Å². The fourth-order valence-corrected chi connectivity index (χ4v) is 2.62. The molecule has 1 aliphatic carbocycles. The number of nitrogens with one attached hydrogen (secondary N) is 2. The summed E-state index contributed by atoms with van der Waals surface area (Å²) < 4.78 is 18.7. The van der Waals surface area contributed by atoms with Gasteiger partial charge in [-0.15, -0.1) is 0 Å². The highest BCUT2D eigenvalue weighted by Gasteiger charge is 2.25. The van der Waals surface area contributed by atoms with Crippen LogP contribution >= 0.6 is 0 Å². The Kier molecular flexibility index (Phi) is 6.75. The second kappa shape index (κ2) is 8.80. The van der Waals surface area contributed by atoms with Crippen LogP contribution in [0.4, 0.5) is 4.39 Å². The van der Waals surface area contributed by atoms with Gasteiger partial charge in [-0.05, 0) is 37.5 Å². The van der Waals surface area contributed by atoms with Crippen LogP contribution in [0.1, 0.15) is 25.3 Å². The number of methoxy groups -OCH3 is 1. The molecule has 0 aliphatic heterocycles. The van der Waals surface area contributed by atoms with E-state index >= 15 is 0 Å². The van der Waals surface area contributed by atoms with E-state index < -0.39 is 5.82 Å². The van der Waals surface area contributed by atoms with Gasteiger partial charge in [0.05, 0.1) is 14.2 Å². The Bertz CT molecular complexity index is 620. The molecule has 0 aromatic heterocycles. The number of likely N-dealkylation sites (N-methyl/N-ethyl adjacent to an activating group) is 2. The molecule has 6 nitrogen and oxygen atoms in total. The Morgan fingerprint density at radius 1 is 1.36 bits per heavy atom. The summed E-state index contributed by atoms with van der Waals surface area (Å²) in [4.78, 5) is 26.8. The topological polar surface area (TPSA) is 63.1 Å². The molecule has 0 spiro atoms. The van der Waals surface area contributed by atoms with E-state index in [9.17, 15) is 14.0 Å². The monoisotopic (exact) mass is 352 g/mol. The van der Waals surface area contributed by atoms with Crippen LogP contribution in [0.5, 0.6) is 5.75 Å². The Balaban J connectivity index is 1.86. The third-order valence-corrected chi connectivity index (χ3v) is 4.18. The number of quaternary nitrogens is 1. The van der Waals surface area contributed by atoms with Gasteiger partial charge in [0, 0.05) is 19.1 Å². The second-order valence-corrected chi connectivity index (χ2v) is 6.53. The average Bonchev–Trinajstić information content (AvgIpc) is 3.36. The molecule has 1 unspecified atom stereocenters. The maximum atomic E-state index is 13.8. The molecular weight excluding hydrogens is 325 g/mol. The number of hydrogen-bond donors (Lipinski definition) is 2. The molecule has 1 aromatic carbocycles. The Hall–Kier alpha value is -2.15. The summed E-state index contributed by atoms with van der Waals surface area (Å²) in [6.07, 6.45) is 2.09. The van der Waals surface area contributed by atoms with Gasteiger partial charge in [-0.2, -0.15) is 0 Å². The van der Waals surface area contributed by atoms with Crippen molar-refractivity contribution in [3.63, 3.8) is 0 Å². The van der Waals surface area contributed by atoms with Crippen LogP contribution < -0.4 is 15.0 Å². The first kappa shape index (κ1) is 19.2. The standard InChI is InChI=1S/C18H26FN3O3/c1-4-22(10-13-5-8-16(25-3)15(19)9-13)18(24)12-21(2)11-17(23)20-14-6-7-14/h5,8-9,14H,4,6-7,10-12H2,1-3H3,(H,20,23)/p+1. The number of hydrogen-bond acceptors (Lipinski definition) is 3. The smallest absolute Gasteiger partial charge is 0.278 e. The number of ether oxygens (including phenoxy) is 1. The number of amides is 2. The third kappa shape index (κ3) is 6.01. The molecule has 25 heavy (non-hydrogen) atoms. The van der Waals surface area contributed by atoms with Crippen LogP contribution in [0.25, 0.3) is 0 Å². The summed E-state index contributed by atoms with van der Waals surface area (Å²) in [7, 11) is 3.24. The van der Waals surface area contributed by atoms with Crippen molar-refractivity contribution in [2.75, 3.05) is 33.8 Å². The molecule has 1 aliphatic rings. The highest BCUT2D eigenvalue weighted by atomic mass is 19.1. The molecule has 1 fully saturated rings. The lowest BCUT2D eigenvalue weighted by Crippen LogP contribution is -3.11. The van der Waals surface area contributed by atoms with Gasteiger partial charge in [0.1, 0.15) is 0 Å². The largest absolute Gasteiger partial charge is 0.494 e. The van der Waals surface area contributed by atoms with Crippen molar-refractivity contribution in [1.82, 2.24) is 10.2 Å². The van der Waals surface area contributed by atoms with E-state index in [0.29, 0.717) is 24.7 Å². The lowest BCUT2D eigenvalue weighted by Gasteiger charge is -2.23. The van der Waals surface area contributed by atoms with Crippen LogP contribution in [0.3, 0.4) is 0 Å². The van der Waals surface area contributed by atoms with Crippen molar-refractivity contribution < 1.29 is 23.6 Å². The van der Waals surface area contributed by atoms with Crippen LogP contribution in [0, 0.1) is 5.82 Å². The van der Waals surface area contributed by atoms with Crippen molar-refractivity contribution in [2.24, 2.45) is 0 Å². The summed E-state index contributed by atoms with van der Waals surface area (Å²) in [5.74, 6) is -0.338. The predicted octanol–water partition coefficient (Wildman–Crippen LogP) is -0.0239. The van der Waals surface area contributed by atoms with Gasteiger partial charge >= 0.3 is 0 Å². The van der Waals surface area contributed by atoms with E-state index in [1.54, 1.807) is 17.0 Å². The first-order chi connectivity index (χ1) is 11.9. The van der Waals surface area contributed by atoms with Crippen LogP contribution in [-0.2, 0) is 16.1 Å². The minimum absolute atomic E-state index is 0.0203. The molecular formula is C18H27FN3O3+. The van der Waals surface area contributed by atoms with Gasteiger partial charge in [0.15, 0.2) is 24.7 Å². The highest BCUT2D eigenvalue weighted by Crippen LogP contribution is 2.19. The predicted molar refractivity (Wildman–Crippen MR) is 91.8 cm³/mol. The molecule has 7 heteroatoms. The molecule has 138 valence electrons. The first-order valence-corrected chi connectivity index (χ1v) is 8.63. The van der Waals surface area contributed by atoms with Crippen LogP contribution in [-0.4, -0.2) is 56.5 Å². The number of halogens is 1. The molecule has 0 radical (unpaired) electrons. The fourth-order valence-electron chi connectivity index (χ4n) is 2.62. The van der Waals surface area contributed by atoms with Gasteiger partial charge in [0.2, 0.25) is 0 Å². The van der Waals surface area contributed by atoms with Gasteiger partial charge < -0.3 is 19.9 Å². The van der Waals surface area contributed by atoms with Gasteiger partial charge in [-0.3, -0.25) is 9.59 Å². The summed E-state index contributed by atoms with van der Waals surface area (Å²) in [5.41, 5.74) is 0.706. The van der Waals surface area contributed by atoms with Gasteiger partial charge in [0.25, 0.3) is 11.8 Å². The Morgan fingerprint density at radius 2 is 2.08 bits per heavy atom. The minimum Gasteiger partial charge on any atom is -0.494 e. The molecule has 2 rings (SSSR count). The number of nitrogens with zero attached hydrogens (tertiary/aromatic N) is 1. The number of carbonyl (C=O) groups excluding carboxylic acids is 2. The van der Waals surface area contributed by atoms with E-state index in [2.05, 4.69) is 5.32 Å². The van der Waals surface area contributed by atoms with E-state index in [-0.39, 0.29) is 30.7 Å². The number of carbonyl (C=O) groups is 2. The van der Waals surface area contributed by atoms with E-state index in [1.807, 2.05) is 14.0 Å². The molecule has 1 atom stereocenters. The third-order valence-electron chi connectivity index (χ3n) is 4.18. The van der Waals surface area contributed by atoms with E-state index in [0.717, 1.165) is 17.7 Å². The van der Waals surface area contributed by atoms with Crippen molar-refractivity contribution in [3.05, 3.63) is 29.6 Å². The lowest BCUT2D eigenvalue weighted by atomic mass is 10.2. The molecule has 0 heterocycles. The van der Waals surface area contributed by atoms with Crippen molar-refractivity contribution in [3.8, 4) is 5.75 Å². The Morgan fingerprint density at radius 3 is 2.64 bits per heavy atom. The first-order valence-electron chi connectivity index (χ1n) is 8.63. The zero-order valence-electron chi connectivity index (χ0n) is 15.1.